The fourth-order valence-corrected chi connectivity index (χ4v) is 4.85. The van der Waals surface area contributed by atoms with Crippen LogP contribution in [0.3, 0.4) is 0 Å². The number of methoxy groups -OCH3 is 2. The minimum Gasteiger partial charge on any atom is -0.494 e. The summed E-state index contributed by atoms with van der Waals surface area (Å²) < 4.78 is 46.4. The number of carbonyl (C=O) groups excluding carboxylic acids is 1. The maximum atomic E-state index is 15.3. The van der Waals surface area contributed by atoms with Crippen molar-refractivity contribution in [3.63, 3.8) is 0 Å². The van der Waals surface area contributed by atoms with Gasteiger partial charge in [0.2, 0.25) is 5.95 Å². The summed E-state index contributed by atoms with van der Waals surface area (Å²) in [6.07, 6.45) is 6.84. The maximum Gasteiger partial charge on any atom is 0.223 e. The van der Waals surface area contributed by atoms with Crippen molar-refractivity contribution in [2.24, 2.45) is 11.8 Å². The lowest BCUT2D eigenvalue weighted by Gasteiger charge is -2.31. The summed E-state index contributed by atoms with van der Waals surface area (Å²) >= 11 is 0. The highest BCUT2D eigenvalue weighted by Crippen LogP contribution is 2.39. The quantitative estimate of drug-likeness (QED) is 0.374. The molecule has 1 aliphatic heterocycles. The van der Waals surface area contributed by atoms with E-state index in [-0.39, 0.29) is 40.5 Å². The van der Waals surface area contributed by atoms with Gasteiger partial charge in [-0.2, -0.15) is 0 Å². The maximum absolute atomic E-state index is 15.3. The Morgan fingerprint density at radius 2 is 1.89 bits per heavy atom. The number of ether oxygens (including phenoxy) is 3. The largest absolute Gasteiger partial charge is 0.494 e. The van der Waals surface area contributed by atoms with Gasteiger partial charge in [0.1, 0.15) is 0 Å². The van der Waals surface area contributed by atoms with Crippen LogP contribution in [0.5, 0.6) is 11.5 Å². The van der Waals surface area contributed by atoms with Crippen LogP contribution >= 0.6 is 0 Å². The predicted octanol–water partition coefficient (Wildman–Crippen LogP) is 4.90. The summed E-state index contributed by atoms with van der Waals surface area (Å²) in [7, 11) is 2.62. The summed E-state index contributed by atoms with van der Waals surface area (Å²) in [6, 6.07) is 2.61. The van der Waals surface area contributed by atoms with Gasteiger partial charge >= 0.3 is 0 Å². The fraction of sp³-hybridized carbons (Fsp3) is 0.429. The number of hydrogen-bond donors (Lipinski definition) is 1. The number of halogens is 2. The van der Waals surface area contributed by atoms with Gasteiger partial charge in [-0.05, 0) is 49.7 Å². The minimum atomic E-state index is -0.855. The van der Waals surface area contributed by atoms with E-state index in [9.17, 15) is 4.79 Å². The molecular weight excluding hydrogens is 494 g/mol. The zero-order valence-corrected chi connectivity index (χ0v) is 21.4. The van der Waals surface area contributed by atoms with Crippen LogP contribution in [0.2, 0.25) is 0 Å². The van der Waals surface area contributed by atoms with Crippen LogP contribution in [-0.4, -0.2) is 54.2 Å². The number of benzene rings is 1. The van der Waals surface area contributed by atoms with Crippen LogP contribution in [0, 0.1) is 23.5 Å². The Morgan fingerprint density at radius 1 is 1.16 bits per heavy atom. The Morgan fingerprint density at radius 3 is 2.55 bits per heavy atom. The molecule has 2 atom stereocenters. The molecule has 0 amide bonds. The number of anilines is 1. The number of hydrogen-bond acceptors (Lipinski definition) is 8. The van der Waals surface area contributed by atoms with Crippen LogP contribution in [0.4, 0.5) is 14.7 Å². The molecule has 0 unspecified atom stereocenters. The van der Waals surface area contributed by atoms with E-state index in [4.69, 9.17) is 19.2 Å². The number of aromatic nitrogens is 3. The normalized spacial score (nSPS) is 19.3. The molecule has 1 aromatic carbocycles. The van der Waals surface area contributed by atoms with E-state index in [0.717, 1.165) is 19.3 Å². The van der Waals surface area contributed by atoms with Gasteiger partial charge in [-0.3, -0.25) is 9.78 Å². The van der Waals surface area contributed by atoms with Crippen molar-refractivity contribution >= 4 is 22.6 Å². The van der Waals surface area contributed by atoms with E-state index in [2.05, 4.69) is 21.9 Å². The summed E-state index contributed by atoms with van der Waals surface area (Å²) in [6.45, 7) is 4.59. The first-order valence-corrected chi connectivity index (χ1v) is 12.7. The topological polar surface area (TPSA) is 95.5 Å². The smallest absolute Gasteiger partial charge is 0.223 e. The average molecular weight is 525 g/mol. The molecule has 3 aromatic rings. The lowest BCUT2D eigenvalue weighted by molar-refractivity contribution is -0.116. The Hall–Kier alpha value is -3.66. The summed E-state index contributed by atoms with van der Waals surface area (Å²) in [4.78, 5) is 25.9. The number of nitrogens with zero attached hydrogens (tertiary/aromatic N) is 3. The molecule has 38 heavy (non-hydrogen) atoms. The molecule has 1 aliphatic carbocycles. The van der Waals surface area contributed by atoms with Gasteiger partial charge in [0.15, 0.2) is 28.9 Å². The standard InChI is InChI=1S/C28H30F2N4O4/c1-4-18(35)10-16-7-8-38-14-21(16)33-28-31-13-17-11-19(32-20(27(17)34-28)9-15-5-6-15)24-25(29)22(36-2)12-23(37-3)26(24)30/h4,11-13,15-16,21H,1,5-10,14H2,2-3H3,(H,31,33,34)/t16-,21-/m1/s1. The van der Waals surface area contributed by atoms with Crippen molar-refractivity contribution < 1.29 is 27.8 Å². The first-order valence-electron chi connectivity index (χ1n) is 12.7. The third-order valence-corrected chi connectivity index (χ3v) is 7.15. The fourth-order valence-electron chi connectivity index (χ4n) is 4.85. The SMILES string of the molecule is C=CC(=O)C[C@H]1CCOC[C@H]1Nc1ncc2cc(-c3c(F)c(OC)cc(OC)c3F)nc(CC3CC3)c2n1. The number of rotatable bonds is 10. The molecule has 1 saturated carbocycles. The van der Waals surface area contributed by atoms with E-state index < -0.39 is 11.6 Å². The number of carbonyl (C=O) groups is 1. The van der Waals surface area contributed by atoms with E-state index in [1.54, 1.807) is 12.3 Å². The third-order valence-electron chi connectivity index (χ3n) is 7.15. The minimum absolute atomic E-state index is 0.0137. The van der Waals surface area contributed by atoms with Gasteiger partial charge in [0.25, 0.3) is 0 Å². The second kappa shape index (κ2) is 11.0. The number of fused-ring (bicyclic) bond motifs is 1. The monoisotopic (exact) mass is 524 g/mol. The second-order valence-electron chi connectivity index (χ2n) is 9.77. The molecule has 2 aromatic heterocycles. The molecule has 1 N–H and O–H groups in total. The zero-order chi connectivity index (χ0) is 26.8. The molecule has 200 valence electrons. The van der Waals surface area contributed by atoms with Gasteiger partial charge in [-0.1, -0.05) is 6.58 Å². The Balaban J connectivity index is 1.54. The molecule has 1 saturated heterocycles. The first-order chi connectivity index (χ1) is 18.4. The molecule has 0 bridgehead atoms. The molecule has 2 aliphatic rings. The Bertz CT molecular complexity index is 1350. The van der Waals surface area contributed by atoms with Crippen LogP contribution in [0.1, 0.15) is 31.4 Å². The highest BCUT2D eigenvalue weighted by molar-refractivity contribution is 5.89. The van der Waals surface area contributed by atoms with Gasteiger partial charge in [0, 0.05) is 30.7 Å². The van der Waals surface area contributed by atoms with Crippen LogP contribution in [0.25, 0.3) is 22.2 Å². The molecule has 0 spiro atoms. The highest BCUT2D eigenvalue weighted by Gasteiger charge is 2.29. The molecule has 8 nitrogen and oxygen atoms in total. The first kappa shape index (κ1) is 26.0. The number of pyridine rings is 1. The van der Waals surface area contributed by atoms with Gasteiger partial charge < -0.3 is 19.5 Å². The summed E-state index contributed by atoms with van der Waals surface area (Å²) in [5.41, 5.74) is 1.05. The lowest BCUT2D eigenvalue weighted by Crippen LogP contribution is -2.40. The van der Waals surface area contributed by atoms with Crippen molar-refractivity contribution in [3.05, 3.63) is 48.3 Å². The number of allylic oxidation sites excluding steroid dienone is 1. The summed E-state index contributed by atoms with van der Waals surface area (Å²) in [5.74, 6) is -1.11. The highest BCUT2D eigenvalue weighted by atomic mass is 19.1. The lowest BCUT2D eigenvalue weighted by atomic mass is 9.90. The number of ketones is 1. The van der Waals surface area contributed by atoms with Gasteiger partial charge in [0.05, 0.1) is 49.3 Å². The van der Waals surface area contributed by atoms with E-state index in [0.29, 0.717) is 54.5 Å². The molecular formula is C28H30F2N4O4. The molecule has 2 fully saturated rings. The van der Waals surface area contributed by atoms with Crippen molar-refractivity contribution in [1.29, 1.82) is 0 Å². The molecule has 0 radical (unpaired) electrons. The Labute approximate surface area is 219 Å². The predicted molar refractivity (Wildman–Crippen MR) is 138 cm³/mol. The number of nitrogens with one attached hydrogen (secondary N) is 1. The zero-order valence-electron chi connectivity index (χ0n) is 21.4. The molecule has 3 heterocycles. The van der Waals surface area contributed by atoms with Crippen LogP contribution in [-0.2, 0) is 16.0 Å². The van der Waals surface area contributed by atoms with Crippen LogP contribution in [0.15, 0.2) is 31.0 Å². The van der Waals surface area contributed by atoms with Crippen molar-refractivity contribution in [1.82, 2.24) is 15.0 Å². The van der Waals surface area contributed by atoms with Gasteiger partial charge in [-0.25, -0.2) is 18.7 Å². The Kier molecular flexibility index (Phi) is 7.51. The molecule has 5 rings (SSSR count). The van der Waals surface area contributed by atoms with Crippen molar-refractivity contribution in [2.75, 3.05) is 32.8 Å². The third kappa shape index (κ3) is 5.31. The van der Waals surface area contributed by atoms with E-state index >= 15 is 8.78 Å². The van der Waals surface area contributed by atoms with Crippen molar-refractivity contribution in [2.45, 2.75) is 38.1 Å². The summed E-state index contributed by atoms with van der Waals surface area (Å²) in [5, 5.41) is 3.94. The van der Waals surface area contributed by atoms with E-state index in [1.807, 2.05) is 0 Å². The van der Waals surface area contributed by atoms with Crippen molar-refractivity contribution in [3.8, 4) is 22.8 Å². The van der Waals surface area contributed by atoms with Crippen LogP contribution < -0.4 is 14.8 Å². The molecule has 10 heteroatoms. The average Bonchev–Trinajstić information content (AvgIpc) is 3.74. The van der Waals surface area contributed by atoms with E-state index in [1.165, 1.54) is 26.4 Å². The second-order valence-corrected chi connectivity index (χ2v) is 9.77. The van der Waals surface area contributed by atoms with Gasteiger partial charge in [-0.15, -0.1) is 0 Å².